The predicted octanol–water partition coefficient (Wildman–Crippen LogP) is 1.01. The standard InChI is InChI=1S/C14H22N2O3/c1-3-13(17)15-7-4-12(5-8-15)14(18)16-10-19-9-6-11(16)2/h3,11-12H,1,4-10H2,2H3. The van der Waals surface area contributed by atoms with E-state index >= 15 is 0 Å². The zero-order valence-corrected chi connectivity index (χ0v) is 11.5. The molecule has 0 N–H and O–H groups in total. The summed E-state index contributed by atoms with van der Waals surface area (Å²) in [5.74, 6) is 0.163. The highest BCUT2D eigenvalue weighted by molar-refractivity contribution is 5.87. The van der Waals surface area contributed by atoms with Crippen molar-refractivity contribution in [3.05, 3.63) is 12.7 Å². The zero-order chi connectivity index (χ0) is 13.8. The Morgan fingerprint density at radius 1 is 1.26 bits per heavy atom. The Morgan fingerprint density at radius 2 is 1.95 bits per heavy atom. The number of carbonyl (C=O) groups excluding carboxylic acids is 2. The molecule has 2 rings (SSSR count). The van der Waals surface area contributed by atoms with Gasteiger partial charge < -0.3 is 14.5 Å². The maximum Gasteiger partial charge on any atom is 0.245 e. The van der Waals surface area contributed by atoms with E-state index < -0.39 is 0 Å². The fourth-order valence-electron chi connectivity index (χ4n) is 2.69. The molecular formula is C14H22N2O3. The Labute approximate surface area is 114 Å². The van der Waals surface area contributed by atoms with Gasteiger partial charge in [-0.25, -0.2) is 0 Å². The van der Waals surface area contributed by atoms with Gasteiger partial charge in [0.1, 0.15) is 6.73 Å². The first kappa shape index (κ1) is 14.1. The van der Waals surface area contributed by atoms with Gasteiger partial charge in [-0.3, -0.25) is 9.59 Å². The summed E-state index contributed by atoms with van der Waals surface area (Å²) in [4.78, 5) is 27.5. The summed E-state index contributed by atoms with van der Waals surface area (Å²) in [6, 6.07) is 0.258. The van der Waals surface area contributed by atoms with Crippen LogP contribution in [-0.4, -0.2) is 54.1 Å². The number of rotatable bonds is 2. The number of hydrogen-bond acceptors (Lipinski definition) is 3. The van der Waals surface area contributed by atoms with E-state index in [9.17, 15) is 9.59 Å². The Kier molecular flexibility index (Phi) is 4.58. The van der Waals surface area contributed by atoms with Gasteiger partial charge in [0.25, 0.3) is 0 Å². The number of ether oxygens (including phenoxy) is 1. The molecule has 2 heterocycles. The fraction of sp³-hybridized carbons (Fsp3) is 0.714. The number of carbonyl (C=O) groups is 2. The van der Waals surface area contributed by atoms with Crippen LogP contribution in [0.3, 0.4) is 0 Å². The number of piperidine rings is 1. The Morgan fingerprint density at radius 3 is 2.53 bits per heavy atom. The molecule has 2 amide bonds. The monoisotopic (exact) mass is 266 g/mol. The van der Waals surface area contributed by atoms with E-state index in [1.54, 1.807) is 4.90 Å². The molecule has 0 bridgehead atoms. The minimum atomic E-state index is -0.0411. The molecule has 106 valence electrons. The zero-order valence-electron chi connectivity index (χ0n) is 11.5. The Hall–Kier alpha value is -1.36. The average Bonchev–Trinajstić information content (AvgIpc) is 2.46. The van der Waals surface area contributed by atoms with Gasteiger partial charge in [0.05, 0.1) is 6.61 Å². The molecular weight excluding hydrogens is 244 g/mol. The predicted molar refractivity (Wildman–Crippen MR) is 71.2 cm³/mol. The molecule has 0 aromatic rings. The minimum Gasteiger partial charge on any atom is -0.361 e. The van der Waals surface area contributed by atoms with E-state index in [4.69, 9.17) is 4.74 Å². The lowest BCUT2D eigenvalue weighted by molar-refractivity contribution is -0.152. The van der Waals surface area contributed by atoms with Crippen molar-refractivity contribution in [1.29, 1.82) is 0 Å². The third-order valence-electron chi connectivity index (χ3n) is 4.06. The van der Waals surface area contributed by atoms with Crippen LogP contribution in [0.5, 0.6) is 0 Å². The molecule has 1 atom stereocenters. The third kappa shape index (κ3) is 3.15. The molecule has 0 radical (unpaired) electrons. The van der Waals surface area contributed by atoms with Crippen molar-refractivity contribution < 1.29 is 14.3 Å². The summed E-state index contributed by atoms with van der Waals surface area (Å²) in [7, 11) is 0. The van der Waals surface area contributed by atoms with Gasteiger partial charge >= 0.3 is 0 Å². The molecule has 2 fully saturated rings. The molecule has 2 aliphatic heterocycles. The van der Waals surface area contributed by atoms with Crippen molar-refractivity contribution in [3.8, 4) is 0 Å². The van der Waals surface area contributed by atoms with Crippen molar-refractivity contribution in [2.24, 2.45) is 5.92 Å². The van der Waals surface area contributed by atoms with Crippen molar-refractivity contribution in [3.63, 3.8) is 0 Å². The van der Waals surface area contributed by atoms with Gasteiger partial charge in [0.15, 0.2) is 0 Å². The van der Waals surface area contributed by atoms with E-state index in [1.807, 2.05) is 4.90 Å². The molecule has 1 unspecified atom stereocenters. The van der Waals surface area contributed by atoms with E-state index in [1.165, 1.54) is 6.08 Å². The fourth-order valence-corrected chi connectivity index (χ4v) is 2.69. The van der Waals surface area contributed by atoms with E-state index in [2.05, 4.69) is 13.5 Å². The first-order chi connectivity index (χ1) is 9.13. The van der Waals surface area contributed by atoms with Crippen molar-refractivity contribution >= 4 is 11.8 Å². The van der Waals surface area contributed by atoms with Crippen LogP contribution in [0, 0.1) is 5.92 Å². The Balaban J connectivity index is 1.88. The lowest BCUT2D eigenvalue weighted by Gasteiger charge is -2.38. The highest BCUT2D eigenvalue weighted by Crippen LogP contribution is 2.22. The van der Waals surface area contributed by atoms with Crippen LogP contribution in [0.4, 0.5) is 0 Å². The molecule has 2 saturated heterocycles. The number of likely N-dealkylation sites (tertiary alicyclic amines) is 1. The summed E-state index contributed by atoms with van der Waals surface area (Å²) >= 11 is 0. The van der Waals surface area contributed by atoms with Crippen molar-refractivity contribution in [1.82, 2.24) is 9.80 Å². The molecule has 0 saturated carbocycles. The molecule has 19 heavy (non-hydrogen) atoms. The molecule has 2 aliphatic rings. The summed E-state index contributed by atoms with van der Waals surface area (Å²) < 4.78 is 5.37. The normalized spacial score (nSPS) is 25.2. The number of hydrogen-bond donors (Lipinski definition) is 0. The second-order valence-corrected chi connectivity index (χ2v) is 5.29. The molecule has 0 aliphatic carbocycles. The summed E-state index contributed by atoms with van der Waals surface area (Å²) in [5.41, 5.74) is 0. The van der Waals surface area contributed by atoms with Crippen LogP contribution >= 0.6 is 0 Å². The molecule has 0 spiro atoms. The van der Waals surface area contributed by atoms with E-state index in [0.29, 0.717) is 19.8 Å². The molecule has 5 nitrogen and oxygen atoms in total. The van der Waals surface area contributed by atoms with Gasteiger partial charge in [-0.15, -0.1) is 0 Å². The van der Waals surface area contributed by atoms with Crippen LogP contribution in [0.25, 0.3) is 0 Å². The highest BCUT2D eigenvalue weighted by atomic mass is 16.5. The van der Waals surface area contributed by atoms with Crippen LogP contribution in [0.2, 0.25) is 0 Å². The van der Waals surface area contributed by atoms with Crippen LogP contribution in [-0.2, 0) is 14.3 Å². The van der Waals surface area contributed by atoms with Gasteiger partial charge in [-0.2, -0.15) is 0 Å². The van der Waals surface area contributed by atoms with Crippen LogP contribution < -0.4 is 0 Å². The first-order valence-electron chi connectivity index (χ1n) is 6.93. The SMILES string of the molecule is C=CC(=O)N1CCC(C(=O)N2COCCC2C)CC1. The number of amides is 2. The topological polar surface area (TPSA) is 49.9 Å². The van der Waals surface area contributed by atoms with Crippen molar-refractivity contribution in [2.75, 3.05) is 26.4 Å². The second kappa shape index (κ2) is 6.19. The van der Waals surface area contributed by atoms with E-state index in [-0.39, 0.29) is 23.8 Å². The van der Waals surface area contributed by atoms with Crippen molar-refractivity contribution in [2.45, 2.75) is 32.2 Å². The van der Waals surface area contributed by atoms with Gasteiger partial charge in [-0.1, -0.05) is 6.58 Å². The van der Waals surface area contributed by atoms with E-state index in [0.717, 1.165) is 25.9 Å². The average molecular weight is 266 g/mol. The summed E-state index contributed by atoms with van der Waals surface area (Å²) in [5, 5.41) is 0. The third-order valence-corrected chi connectivity index (χ3v) is 4.06. The smallest absolute Gasteiger partial charge is 0.245 e. The largest absolute Gasteiger partial charge is 0.361 e. The van der Waals surface area contributed by atoms with Crippen LogP contribution in [0.1, 0.15) is 26.2 Å². The van der Waals surface area contributed by atoms with Gasteiger partial charge in [-0.05, 0) is 32.3 Å². The molecule has 0 aromatic carbocycles. The summed E-state index contributed by atoms with van der Waals surface area (Å²) in [6.45, 7) is 7.98. The second-order valence-electron chi connectivity index (χ2n) is 5.29. The minimum absolute atomic E-state index is 0.0259. The quantitative estimate of drug-likeness (QED) is 0.701. The van der Waals surface area contributed by atoms with Gasteiger partial charge in [0.2, 0.25) is 11.8 Å². The summed E-state index contributed by atoms with van der Waals surface area (Å²) in [6.07, 6.45) is 3.71. The maximum atomic E-state index is 12.4. The number of nitrogens with zero attached hydrogens (tertiary/aromatic N) is 2. The Bertz CT molecular complexity index is 362. The molecule has 0 aromatic heterocycles. The molecule has 5 heteroatoms. The lowest BCUT2D eigenvalue weighted by atomic mass is 9.94. The maximum absolute atomic E-state index is 12.4. The first-order valence-corrected chi connectivity index (χ1v) is 6.93. The van der Waals surface area contributed by atoms with Crippen LogP contribution in [0.15, 0.2) is 12.7 Å². The highest BCUT2D eigenvalue weighted by Gasteiger charge is 2.32. The van der Waals surface area contributed by atoms with Gasteiger partial charge in [0, 0.05) is 25.0 Å². The lowest BCUT2D eigenvalue weighted by Crippen LogP contribution is -2.49.